The van der Waals surface area contributed by atoms with Crippen molar-refractivity contribution < 1.29 is 143 Å². The third kappa shape index (κ3) is 8.60. The molecule has 0 spiro atoms. The number of carbonyl (C=O) groups is 2. The largest absolute Gasteiger partial charge is 1.00 e. The Hall–Kier alpha value is -0.947. The Kier molecular flexibility index (Phi) is 13.9. The van der Waals surface area contributed by atoms with Gasteiger partial charge in [0.1, 0.15) is 11.5 Å². The maximum atomic E-state index is 10.4. The number of aromatic carboxylic acids is 2. The smallest absolute Gasteiger partial charge is 0.545 e. The predicted molar refractivity (Wildman–Crippen MR) is 78.2 cm³/mol. The molecule has 0 unspecified atom stereocenters. The van der Waals surface area contributed by atoms with Crippen LogP contribution >= 0.6 is 0 Å². The van der Waals surface area contributed by atoms with Crippen LogP contribution in [0.15, 0.2) is 36.4 Å². The summed E-state index contributed by atoms with van der Waals surface area (Å²) in [4.78, 5) is 39.5. The number of rotatable bonds is 4. The number of hydrogen-bond donors (Lipinski definition) is 2. The number of nitro benzene ring substituents is 2. The van der Waals surface area contributed by atoms with Crippen molar-refractivity contribution in [2.45, 2.75) is 0 Å². The van der Waals surface area contributed by atoms with E-state index in [0.717, 1.165) is 36.4 Å². The Morgan fingerprint density at radius 2 is 1.00 bits per heavy atom. The molecule has 2 aromatic rings. The first-order valence-corrected chi connectivity index (χ1v) is 6.42. The molecule has 0 saturated heterocycles. The Labute approximate surface area is 241 Å². The van der Waals surface area contributed by atoms with Gasteiger partial charge in [0.15, 0.2) is 0 Å². The normalized spacial score (nSPS) is 8.86. The monoisotopic (exact) mass is 442 g/mol. The van der Waals surface area contributed by atoms with Gasteiger partial charge in [0.25, 0.3) is 11.4 Å². The van der Waals surface area contributed by atoms with Crippen LogP contribution in [0.2, 0.25) is 0 Å². The summed E-state index contributed by atoms with van der Waals surface area (Å²) in [7, 11) is 0. The molecule has 0 bridgehead atoms. The first-order valence-electron chi connectivity index (χ1n) is 6.42. The fourth-order valence-corrected chi connectivity index (χ4v) is 1.69. The Morgan fingerprint density at radius 3 is 1.21 bits per heavy atom. The molecular formula is C14H8K2N2O10. The van der Waals surface area contributed by atoms with Gasteiger partial charge < -0.3 is 30.0 Å². The maximum absolute atomic E-state index is 10.4. The van der Waals surface area contributed by atoms with E-state index in [-0.39, 0.29) is 114 Å². The molecule has 2 rings (SSSR count). The number of nitrogens with zero attached hydrogens (tertiary/aromatic N) is 2. The van der Waals surface area contributed by atoms with Crippen LogP contribution in [-0.2, 0) is 0 Å². The van der Waals surface area contributed by atoms with Crippen LogP contribution in [0.25, 0.3) is 0 Å². The quantitative estimate of drug-likeness (QED) is 0.260. The van der Waals surface area contributed by atoms with Crippen LogP contribution < -0.4 is 113 Å². The number of aromatic hydroxyl groups is 2. The SMILES string of the molecule is O=C([O-])c1cc(O)ccc1[N+](=O)[O-].O=C([O-])c1cc(O)ccc1[N+](=O)[O-].[K+].[K+]. The van der Waals surface area contributed by atoms with Gasteiger partial charge in [-0.2, -0.15) is 0 Å². The summed E-state index contributed by atoms with van der Waals surface area (Å²) in [6, 6.07) is 5.41. The molecule has 136 valence electrons. The second-order valence-electron chi connectivity index (χ2n) is 4.49. The van der Waals surface area contributed by atoms with Crippen molar-refractivity contribution in [3.63, 3.8) is 0 Å². The minimum atomic E-state index is -1.69. The van der Waals surface area contributed by atoms with E-state index in [4.69, 9.17) is 10.2 Å². The standard InChI is InChI=1S/2C7H5NO5.2K/c2*9-4-1-2-6(8(12)13)5(3-4)7(10)11;;/h2*1-3,9H,(H,10,11);;/q;;2*+1/p-2. The number of phenolic OH excluding ortho intramolecular Hbond substituents is 2. The minimum absolute atomic E-state index is 0. The van der Waals surface area contributed by atoms with Gasteiger partial charge in [0, 0.05) is 12.1 Å². The number of phenols is 2. The molecule has 0 saturated carbocycles. The number of carboxylic acids is 2. The predicted octanol–water partition coefficient (Wildman–Crippen LogP) is -6.66. The number of carboxylic acid groups (broad SMARTS) is 2. The summed E-state index contributed by atoms with van der Waals surface area (Å²) in [5, 5.41) is 59.0. The average Bonchev–Trinajstić information content (AvgIpc) is 2.54. The summed E-state index contributed by atoms with van der Waals surface area (Å²) in [6.07, 6.45) is 0. The molecular weight excluding hydrogens is 434 g/mol. The van der Waals surface area contributed by atoms with E-state index in [0.29, 0.717) is 0 Å². The number of hydrogen-bond acceptors (Lipinski definition) is 10. The van der Waals surface area contributed by atoms with E-state index in [9.17, 15) is 40.0 Å². The minimum Gasteiger partial charge on any atom is -0.545 e. The Bertz CT molecular complexity index is 830. The summed E-state index contributed by atoms with van der Waals surface area (Å²) < 4.78 is 0. The van der Waals surface area contributed by atoms with Gasteiger partial charge in [0.2, 0.25) is 0 Å². The van der Waals surface area contributed by atoms with E-state index in [2.05, 4.69) is 0 Å². The second kappa shape index (κ2) is 13.3. The van der Waals surface area contributed by atoms with Crippen molar-refractivity contribution in [3.05, 3.63) is 67.8 Å². The zero-order valence-electron chi connectivity index (χ0n) is 14.5. The summed E-state index contributed by atoms with van der Waals surface area (Å²) >= 11 is 0. The average molecular weight is 442 g/mol. The van der Waals surface area contributed by atoms with Gasteiger partial charge in [-0.15, -0.1) is 0 Å². The van der Waals surface area contributed by atoms with Gasteiger partial charge in [-0.3, -0.25) is 20.2 Å². The van der Waals surface area contributed by atoms with Crippen LogP contribution in [0.3, 0.4) is 0 Å². The van der Waals surface area contributed by atoms with Crippen LogP contribution in [0.5, 0.6) is 11.5 Å². The molecule has 0 amide bonds. The molecule has 0 heterocycles. The van der Waals surface area contributed by atoms with E-state index < -0.39 is 44.3 Å². The fraction of sp³-hybridized carbons (Fsp3) is 0. The van der Waals surface area contributed by atoms with Gasteiger partial charge in [-0.25, -0.2) is 0 Å². The molecule has 2 N–H and O–H groups in total. The van der Waals surface area contributed by atoms with Crippen molar-refractivity contribution >= 4 is 23.3 Å². The van der Waals surface area contributed by atoms with Crippen molar-refractivity contribution in [1.82, 2.24) is 0 Å². The fourth-order valence-electron chi connectivity index (χ4n) is 1.69. The van der Waals surface area contributed by atoms with Crippen molar-refractivity contribution in [2.24, 2.45) is 0 Å². The number of nitro groups is 2. The topological polar surface area (TPSA) is 207 Å². The zero-order valence-corrected chi connectivity index (χ0v) is 20.8. The molecule has 2 aromatic carbocycles. The van der Waals surface area contributed by atoms with E-state index >= 15 is 0 Å². The maximum Gasteiger partial charge on any atom is 1.00 e. The van der Waals surface area contributed by atoms with E-state index in [1.54, 1.807) is 0 Å². The summed E-state index contributed by atoms with van der Waals surface area (Å²) in [5.74, 6) is -4.10. The molecule has 0 aliphatic rings. The molecule has 0 aliphatic carbocycles. The third-order valence-corrected chi connectivity index (χ3v) is 2.79. The van der Waals surface area contributed by atoms with Gasteiger partial charge in [-0.05, 0) is 24.3 Å². The first kappa shape index (κ1) is 29.3. The Balaban J connectivity index is 0. The zero-order chi connectivity index (χ0) is 20.0. The molecule has 14 heteroatoms. The van der Waals surface area contributed by atoms with Crippen LogP contribution in [0.1, 0.15) is 20.7 Å². The van der Waals surface area contributed by atoms with Crippen LogP contribution in [-0.4, -0.2) is 32.0 Å². The van der Waals surface area contributed by atoms with Crippen molar-refractivity contribution in [3.8, 4) is 11.5 Å². The molecule has 0 radical (unpaired) electrons. The molecule has 28 heavy (non-hydrogen) atoms. The number of benzene rings is 2. The van der Waals surface area contributed by atoms with Gasteiger partial charge >= 0.3 is 103 Å². The second-order valence-corrected chi connectivity index (χ2v) is 4.49. The van der Waals surface area contributed by atoms with Crippen LogP contribution in [0, 0.1) is 20.2 Å². The van der Waals surface area contributed by atoms with E-state index in [1.807, 2.05) is 0 Å². The molecule has 0 atom stereocenters. The molecule has 12 nitrogen and oxygen atoms in total. The Morgan fingerprint density at radius 1 is 0.714 bits per heavy atom. The van der Waals surface area contributed by atoms with Gasteiger partial charge in [0.05, 0.1) is 32.9 Å². The van der Waals surface area contributed by atoms with Crippen molar-refractivity contribution in [1.29, 1.82) is 0 Å². The van der Waals surface area contributed by atoms with E-state index in [1.165, 1.54) is 0 Å². The first-order chi connectivity index (χ1) is 12.0. The van der Waals surface area contributed by atoms with Crippen LogP contribution in [0.4, 0.5) is 11.4 Å². The van der Waals surface area contributed by atoms with Gasteiger partial charge in [-0.1, -0.05) is 0 Å². The summed E-state index contributed by atoms with van der Waals surface area (Å²) in [5.41, 5.74) is -2.47. The number of carbonyl (C=O) groups excluding carboxylic acids is 2. The third-order valence-electron chi connectivity index (χ3n) is 2.79. The van der Waals surface area contributed by atoms with Crippen molar-refractivity contribution in [2.75, 3.05) is 0 Å². The summed E-state index contributed by atoms with van der Waals surface area (Å²) in [6.45, 7) is 0. The molecule has 0 aromatic heterocycles. The molecule has 0 aliphatic heterocycles. The molecule has 0 fully saturated rings.